The molecule has 0 saturated carbocycles. The van der Waals surface area contributed by atoms with E-state index in [4.69, 9.17) is 19.5 Å². The number of ether oxygens (including phenoxy) is 2. The fraction of sp³-hybridized carbons (Fsp3) is 0.818. The first-order valence-corrected chi connectivity index (χ1v) is 11.5. The largest absolute Gasteiger partial charge is 0.479 e. The number of likely N-dealkylation sites (N-methyl/N-ethyl adjacent to an activating group) is 2. The first kappa shape index (κ1) is 32.5. The topological polar surface area (TPSA) is 166 Å². The van der Waals surface area contributed by atoms with Crippen LogP contribution in [0.1, 0.15) is 61.3 Å². The van der Waals surface area contributed by atoms with Gasteiger partial charge in [0.1, 0.15) is 17.7 Å². The number of hydrogen-bond acceptors (Lipinski definition) is 8. The van der Waals surface area contributed by atoms with E-state index in [1.807, 2.05) is 0 Å². The van der Waals surface area contributed by atoms with Crippen LogP contribution in [0, 0.1) is 5.92 Å². The molecule has 0 bridgehead atoms. The van der Waals surface area contributed by atoms with Crippen LogP contribution in [0.2, 0.25) is 6.32 Å². The molecule has 202 valence electrons. The molecule has 13 heteroatoms. The van der Waals surface area contributed by atoms with Crippen molar-refractivity contribution in [2.75, 3.05) is 27.2 Å². The quantitative estimate of drug-likeness (QED) is 0.306. The van der Waals surface area contributed by atoms with Gasteiger partial charge in [0.2, 0.25) is 5.91 Å². The van der Waals surface area contributed by atoms with E-state index in [2.05, 4.69) is 5.32 Å². The number of aliphatic carboxylic acids is 1. The monoisotopic (exact) mass is 503 g/mol. The number of carbonyl (C=O) groups is 4. The molecular formula is C22H42BN3O9. The predicted molar refractivity (Wildman–Crippen MR) is 130 cm³/mol. The molecule has 0 spiro atoms. The Morgan fingerprint density at radius 1 is 0.943 bits per heavy atom. The van der Waals surface area contributed by atoms with Gasteiger partial charge in [0.05, 0.1) is 6.54 Å². The lowest BCUT2D eigenvalue weighted by atomic mass is 9.77. The van der Waals surface area contributed by atoms with Crippen LogP contribution >= 0.6 is 0 Å². The fourth-order valence-corrected chi connectivity index (χ4v) is 3.21. The fourth-order valence-electron chi connectivity index (χ4n) is 3.21. The van der Waals surface area contributed by atoms with Gasteiger partial charge in [-0.2, -0.15) is 0 Å². The second-order valence-electron chi connectivity index (χ2n) is 11.0. The second kappa shape index (κ2) is 13.0. The Kier molecular flexibility index (Phi) is 12.0. The summed E-state index contributed by atoms with van der Waals surface area (Å²) in [4.78, 5) is 52.2. The maximum absolute atomic E-state index is 12.8. The average molecular weight is 503 g/mol. The summed E-state index contributed by atoms with van der Waals surface area (Å²) in [7, 11) is 1.19. The molecule has 0 aliphatic rings. The molecule has 35 heavy (non-hydrogen) atoms. The average Bonchev–Trinajstić information content (AvgIpc) is 2.62. The molecule has 0 aromatic heterocycles. The third-order valence-corrected chi connectivity index (χ3v) is 4.77. The Morgan fingerprint density at radius 3 is 1.89 bits per heavy atom. The van der Waals surface area contributed by atoms with Gasteiger partial charge in [-0.05, 0) is 60.2 Å². The van der Waals surface area contributed by atoms with Crippen molar-refractivity contribution in [3.63, 3.8) is 0 Å². The SMILES string of the molecule is C[C@@H](CCB(O)O)CC(CN(C)C(=O)CN(C)C(=O)OC(C)(C)C)(NC(=O)OC(C)(C)C)C(=O)O. The molecule has 0 saturated heterocycles. The minimum atomic E-state index is -1.93. The van der Waals surface area contributed by atoms with Crippen molar-refractivity contribution < 1.29 is 43.8 Å². The zero-order chi connectivity index (χ0) is 27.8. The molecule has 3 amide bonds. The predicted octanol–water partition coefficient (Wildman–Crippen LogP) is 1.55. The zero-order valence-electron chi connectivity index (χ0n) is 22.4. The van der Waals surface area contributed by atoms with E-state index in [1.54, 1.807) is 48.5 Å². The smallest absolute Gasteiger partial charge is 0.451 e. The van der Waals surface area contributed by atoms with Crippen LogP contribution in [0.25, 0.3) is 0 Å². The molecule has 0 fully saturated rings. The minimum absolute atomic E-state index is 0.0127. The Labute approximate surface area is 208 Å². The maximum Gasteiger partial charge on any atom is 0.451 e. The van der Waals surface area contributed by atoms with Crippen molar-refractivity contribution in [3.8, 4) is 0 Å². The van der Waals surface area contributed by atoms with E-state index in [0.717, 1.165) is 9.80 Å². The van der Waals surface area contributed by atoms with Gasteiger partial charge in [-0.15, -0.1) is 0 Å². The van der Waals surface area contributed by atoms with E-state index in [0.29, 0.717) is 0 Å². The number of carboxylic acid groups (broad SMARTS) is 1. The second-order valence-corrected chi connectivity index (χ2v) is 11.0. The van der Waals surface area contributed by atoms with Crippen LogP contribution in [0.3, 0.4) is 0 Å². The lowest BCUT2D eigenvalue weighted by Gasteiger charge is -2.37. The van der Waals surface area contributed by atoms with Crippen molar-refractivity contribution in [3.05, 3.63) is 0 Å². The van der Waals surface area contributed by atoms with E-state index in [1.165, 1.54) is 14.1 Å². The molecule has 0 aromatic rings. The van der Waals surface area contributed by atoms with Gasteiger partial charge in [-0.3, -0.25) is 4.79 Å². The number of carboxylic acids is 1. The molecule has 0 radical (unpaired) electrons. The molecule has 0 rings (SSSR count). The van der Waals surface area contributed by atoms with E-state index < -0.39 is 54.5 Å². The molecule has 0 aliphatic carbocycles. The molecule has 0 aliphatic heterocycles. The lowest BCUT2D eigenvalue weighted by Crippen LogP contribution is -2.62. The Bertz CT molecular complexity index is 749. The highest BCUT2D eigenvalue weighted by Crippen LogP contribution is 2.24. The molecular weight excluding hydrogens is 461 g/mol. The van der Waals surface area contributed by atoms with E-state index in [-0.39, 0.29) is 31.6 Å². The van der Waals surface area contributed by atoms with Gasteiger partial charge in [0, 0.05) is 14.1 Å². The normalized spacial score (nSPS) is 14.3. The summed E-state index contributed by atoms with van der Waals surface area (Å²) in [6.45, 7) is 10.9. The number of rotatable bonds is 11. The number of hydrogen-bond donors (Lipinski definition) is 4. The molecule has 0 heterocycles. The summed E-state index contributed by atoms with van der Waals surface area (Å²) < 4.78 is 10.5. The summed E-state index contributed by atoms with van der Waals surface area (Å²) in [6.07, 6.45) is -1.53. The van der Waals surface area contributed by atoms with Crippen LogP contribution in [-0.4, -0.2) is 100 Å². The third-order valence-electron chi connectivity index (χ3n) is 4.77. The van der Waals surface area contributed by atoms with Crippen molar-refractivity contribution in [2.24, 2.45) is 5.92 Å². The summed E-state index contributed by atoms with van der Waals surface area (Å²) >= 11 is 0. The maximum atomic E-state index is 12.8. The van der Waals surface area contributed by atoms with Crippen LogP contribution in [0.5, 0.6) is 0 Å². The minimum Gasteiger partial charge on any atom is -0.479 e. The van der Waals surface area contributed by atoms with Crippen LogP contribution in [0.4, 0.5) is 9.59 Å². The first-order valence-electron chi connectivity index (χ1n) is 11.5. The van der Waals surface area contributed by atoms with Crippen molar-refractivity contribution in [1.29, 1.82) is 0 Å². The summed E-state index contributed by atoms with van der Waals surface area (Å²) in [6, 6.07) is 0. The molecule has 4 N–H and O–H groups in total. The molecule has 1 unspecified atom stereocenters. The standard InChI is InChI=1S/C22H42BN3O9/c1-15(10-11-23(32)33)12-22(17(28)29,24-18(30)34-20(2,3)4)14-26(9)16(27)13-25(8)19(31)35-21(5,6)7/h15,32-33H,10-14H2,1-9H3,(H,24,30)(H,28,29)/t15-,22?/m0/s1. The van der Waals surface area contributed by atoms with Crippen LogP contribution in [-0.2, 0) is 19.1 Å². The van der Waals surface area contributed by atoms with Gasteiger partial charge in [-0.1, -0.05) is 13.3 Å². The van der Waals surface area contributed by atoms with Gasteiger partial charge >= 0.3 is 25.3 Å². The van der Waals surface area contributed by atoms with Gasteiger partial charge in [0.15, 0.2) is 5.54 Å². The number of alkyl carbamates (subject to hydrolysis) is 1. The van der Waals surface area contributed by atoms with E-state index >= 15 is 0 Å². The van der Waals surface area contributed by atoms with Gasteiger partial charge < -0.3 is 39.7 Å². The van der Waals surface area contributed by atoms with Crippen molar-refractivity contribution in [1.82, 2.24) is 15.1 Å². The highest BCUT2D eigenvalue weighted by atomic mass is 16.6. The van der Waals surface area contributed by atoms with Crippen molar-refractivity contribution >= 4 is 31.2 Å². The lowest BCUT2D eigenvalue weighted by molar-refractivity contribution is -0.148. The number of nitrogens with zero attached hydrogens (tertiary/aromatic N) is 2. The first-order chi connectivity index (χ1) is 15.7. The highest BCUT2D eigenvalue weighted by molar-refractivity contribution is 6.40. The van der Waals surface area contributed by atoms with Crippen LogP contribution in [0.15, 0.2) is 0 Å². The summed E-state index contributed by atoms with van der Waals surface area (Å²) in [5, 5.41) is 30.9. The Hall–Kier alpha value is -2.54. The van der Waals surface area contributed by atoms with Gasteiger partial charge in [0.25, 0.3) is 0 Å². The van der Waals surface area contributed by atoms with Crippen LogP contribution < -0.4 is 5.32 Å². The van der Waals surface area contributed by atoms with Crippen molar-refractivity contribution in [2.45, 2.75) is 84.4 Å². The summed E-state index contributed by atoms with van der Waals surface area (Å²) in [5.74, 6) is -2.33. The molecule has 0 aromatic carbocycles. The summed E-state index contributed by atoms with van der Waals surface area (Å²) in [5.41, 5.74) is -3.58. The van der Waals surface area contributed by atoms with E-state index in [9.17, 15) is 24.3 Å². The number of nitrogens with one attached hydrogen (secondary N) is 1. The Morgan fingerprint density at radius 2 is 1.46 bits per heavy atom. The third kappa shape index (κ3) is 13.2. The molecule has 12 nitrogen and oxygen atoms in total. The molecule has 2 atom stereocenters. The number of amides is 3. The number of carbonyl (C=O) groups excluding carboxylic acids is 3. The Balaban J connectivity index is 5.74. The van der Waals surface area contributed by atoms with Gasteiger partial charge in [-0.25, -0.2) is 14.4 Å². The zero-order valence-corrected chi connectivity index (χ0v) is 22.4. The highest BCUT2D eigenvalue weighted by Gasteiger charge is 2.44.